The quantitative estimate of drug-likeness (QED) is 0.738. The second-order valence-corrected chi connectivity index (χ2v) is 6.17. The number of carboxylic acid groups (broad SMARTS) is 1. The molecule has 0 fully saturated rings. The topological polar surface area (TPSA) is 103 Å². The van der Waals surface area contributed by atoms with Crippen LogP contribution in [-0.4, -0.2) is 27.7 Å². The van der Waals surface area contributed by atoms with E-state index in [-0.39, 0.29) is 22.9 Å². The largest absolute Gasteiger partial charge is 0.478 e. The summed E-state index contributed by atoms with van der Waals surface area (Å²) in [5.41, 5.74) is 1.57. The van der Waals surface area contributed by atoms with E-state index in [4.69, 9.17) is 10.4 Å². The highest BCUT2D eigenvalue weighted by molar-refractivity contribution is 8.00. The number of hydrogen-bond donors (Lipinski definition) is 2. The fraction of sp³-hybridized carbons (Fsp3) is 0.222. The van der Waals surface area contributed by atoms with Crippen LogP contribution in [0, 0.1) is 11.3 Å². The molecule has 1 heterocycles. The van der Waals surface area contributed by atoms with Crippen molar-refractivity contribution in [3.8, 4) is 6.07 Å². The van der Waals surface area contributed by atoms with E-state index >= 15 is 0 Å². The number of carbonyl (C=O) groups excluding carboxylic acids is 1. The summed E-state index contributed by atoms with van der Waals surface area (Å²) in [6, 6.07) is 11.8. The number of carboxylic acids is 1. The first-order chi connectivity index (χ1) is 12.0. The van der Waals surface area contributed by atoms with Gasteiger partial charge in [-0.25, -0.2) is 9.78 Å². The standard InChI is InChI=1S/C18H17N3O3S/c1-2-5-13-9-8-12(10-19)17(20-13)25-11-16(22)21-15-7-4-3-6-14(15)18(23)24/h3-4,6-9H,2,5,11H2,1H3,(H,21,22)(H,23,24). The van der Waals surface area contributed by atoms with Gasteiger partial charge in [0.25, 0.3) is 0 Å². The molecule has 1 aromatic heterocycles. The average Bonchev–Trinajstić information content (AvgIpc) is 2.60. The summed E-state index contributed by atoms with van der Waals surface area (Å²) in [7, 11) is 0. The van der Waals surface area contributed by atoms with Crippen molar-refractivity contribution < 1.29 is 14.7 Å². The highest BCUT2D eigenvalue weighted by Gasteiger charge is 2.13. The molecule has 0 radical (unpaired) electrons. The molecule has 2 aromatic rings. The Balaban J connectivity index is 2.07. The predicted molar refractivity (Wildman–Crippen MR) is 95.7 cm³/mol. The van der Waals surface area contributed by atoms with Crippen LogP contribution in [-0.2, 0) is 11.2 Å². The minimum Gasteiger partial charge on any atom is -0.478 e. The predicted octanol–water partition coefficient (Wildman–Crippen LogP) is 3.33. The summed E-state index contributed by atoms with van der Waals surface area (Å²) in [4.78, 5) is 27.7. The molecule has 0 saturated heterocycles. The van der Waals surface area contributed by atoms with E-state index in [1.54, 1.807) is 18.2 Å². The first-order valence-corrected chi connectivity index (χ1v) is 8.68. The number of thioether (sulfide) groups is 1. The summed E-state index contributed by atoms with van der Waals surface area (Å²) in [5, 5.41) is 21.4. The molecule has 1 aromatic carbocycles. The number of aryl methyl sites for hydroxylation is 1. The van der Waals surface area contributed by atoms with Crippen molar-refractivity contribution in [1.82, 2.24) is 4.98 Å². The van der Waals surface area contributed by atoms with Gasteiger partial charge in [0.05, 0.1) is 22.6 Å². The Kier molecular flexibility index (Phi) is 6.54. The zero-order valence-electron chi connectivity index (χ0n) is 13.7. The number of para-hydroxylation sites is 1. The Bertz CT molecular complexity index is 831. The third-order valence-electron chi connectivity index (χ3n) is 3.32. The van der Waals surface area contributed by atoms with E-state index in [9.17, 15) is 9.59 Å². The molecular weight excluding hydrogens is 338 g/mol. The van der Waals surface area contributed by atoms with E-state index in [2.05, 4.69) is 16.4 Å². The van der Waals surface area contributed by atoms with E-state index in [0.29, 0.717) is 10.6 Å². The first kappa shape index (κ1) is 18.5. The monoisotopic (exact) mass is 355 g/mol. The second-order valence-electron chi connectivity index (χ2n) is 5.20. The van der Waals surface area contributed by atoms with Crippen LogP contribution >= 0.6 is 11.8 Å². The molecule has 0 spiro atoms. The molecule has 128 valence electrons. The minimum absolute atomic E-state index is 0.0293. The molecule has 0 saturated carbocycles. The number of nitrogens with one attached hydrogen (secondary N) is 1. The van der Waals surface area contributed by atoms with Crippen LogP contribution in [0.25, 0.3) is 0 Å². The molecule has 0 aliphatic rings. The van der Waals surface area contributed by atoms with Gasteiger partial charge in [0.1, 0.15) is 11.1 Å². The smallest absolute Gasteiger partial charge is 0.337 e. The van der Waals surface area contributed by atoms with Crippen LogP contribution in [0.1, 0.15) is 35.0 Å². The third-order valence-corrected chi connectivity index (χ3v) is 4.31. The molecule has 7 heteroatoms. The number of nitrogens with zero attached hydrogens (tertiary/aromatic N) is 2. The lowest BCUT2D eigenvalue weighted by Crippen LogP contribution is -2.16. The molecule has 0 bridgehead atoms. The van der Waals surface area contributed by atoms with Gasteiger partial charge < -0.3 is 10.4 Å². The van der Waals surface area contributed by atoms with Gasteiger partial charge >= 0.3 is 5.97 Å². The summed E-state index contributed by atoms with van der Waals surface area (Å²) < 4.78 is 0. The SMILES string of the molecule is CCCc1ccc(C#N)c(SCC(=O)Nc2ccccc2C(=O)O)n1. The number of aromatic carboxylic acids is 1. The number of hydrogen-bond acceptors (Lipinski definition) is 5. The molecule has 25 heavy (non-hydrogen) atoms. The number of carbonyl (C=O) groups is 2. The molecule has 1 amide bonds. The minimum atomic E-state index is -1.11. The number of nitriles is 1. The number of aromatic nitrogens is 1. The van der Waals surface area contributed by atoms with E-state index in [1.807, 2.05) is 13.0 Å². The van der Waals surface area contributed by atoms with Crippen LogP contribution in [0.3, 0.4) is 0 Å². The Labute approximate surface area is 149 Å². The lowest BCUT2D eigenvalue weighted by atomic mass is 10.2. The van der Waals surface area contributed by atoms with Crippen molar-refractivity contribution in [2.24, 2.45) is 0 Å². The van der Waals surface area contributed by atoms with E-state index in [0.717, 1.165) is 30.3 Å². The van der Waals surface area contributed by atoms with Crippen molar-refractivity contribution in [3.63, 3.8) is 0 Å². The van der Waals surface area contributed by atoms with Gasteiger partial charge in [-0.15, -0.1) is 0 Å². The zero-order chi connectivity index (χ0) is 18.2. The van der Waals surface area contributed by atoms with Crippen LogP contribution < -0.4 is 5.32 Å². The van der Waals surface area contributed by atoms with Crippen molar-refractivity contribution in [1.29, 1.82) is 5.26 Å². The fourth-order valence-corrected chi connectivity index (χ4v) is 2.96. The number of amides is 1. The van der Waals surface area contributed by atoms with Gasteiger partial charge in [0, 0.05) is 5.69 Å². The van der Waals surface area contributed by atoms with Gasteiger partial charge in [0.2, 0.25) is 5.91 Å². The summed E-state index contributed by atoms with van der Waals surface area (Å²) in [6.45, 7) is 2.04. The molecule has 0 atom stereocenters. The van der Waals surface area contributed by atoms with Crippen molar-refractivity contribution in [2.75, 3.05) is 11.1 Å². The Morgan fingerprint density at radius 1 is 1.28 bits per heavy atom. The normalized spacial score (nSPS) is 10.1. The maximum absolute atomic E-state index is 12.1. The lowest BCUT2D eigenvalue weighted by molar-refractivity contribution is -0.113. The number of benzene rings is 1. The van der Waals surface area contributed by atoms with Gasteiger partial charge in [-0.1, -0.05) is 37.2 Å². The lowest BCUT2D eigenvalue weighted by Gasteiger charge is -2.09. The molecule has 2 rings (SSSR count). The maximum atomic E-state index is 12.1. The van der Waals surface area contributed by atoms with Crippen LogP contribution in [0.5, 0.6) is 0 Å². The maximum Gasteiger partial charge on any atom is 0.337 e. The van der Waals surface area contributed by atoms with Crippen LogP contribution in [0.4, 0.5) is 5.69 Å². The van der Waals surface area contributed by atoms with Gasteiger partial charge in [-0.3, -0.25) is 4.79 Å². The molecule has 2 N–H and O–H groups in total. The van der Waals surface area contributed by atoms with Gasteiger partial charge in [-0.05, 0) is 30.7 Å². The van der Waals surface area contributed by atoms with Gasteiger partial charge in [0.15, 0.2) is 0 Å². The summed E-state index contributed by atoms with van der Waals surface area (Å²) >= 11 is 1.16. The van der Waals surface area contributed by atoms with E-state index < -0.39 is 5.97 Å². The van der Waals surface area contributed by atoms with Gasteiger partial charge in [-0.2, -0.15) is 5.26 Å². The molecule has 6 nitrogen and oxygen atoms in total. The fourth-order valence-electron chi connectivity index (χ4n) is 2.17. The number of pyridine rings is 1. The molecule has 0 aliphatic heterocycles. The van der Waals surface area contributed by atoms with Crippen molar-refractivity contribution in [3.05, 3.63) is 53.2 Å². The van der Waals surface area contributed by atoms with Crippen molar-refractivity contribution >= 4 is 29.3 Å². The number of anilines is 1. The third kappa shape index (κ3) is 5.06. The van der Waals surface area contributed by atoms with Crippen LogP contribution in [0.2, 0.25) is 0 Å². The average molecular weight is 355 g/mol. The number of rotatable bonds is 7. The highest BCUT2D eigenvalue weighted by atomic mass is 32.2. The van der Waals surface area contributed by atoms with Crippen LogP contribution in [0.15, 0.2) is 41.4 Å². The Hall–Kier alpha value is -2.85. The van der Waals surface area contributed by atoms with E-state index in [1.165, 1.54) is 12.1 Å². The first-order valence-electron chi connectivity index (χ1n) is 7.70. The summed E-state index contributed by atoms with van der Waals surface area (Å²) in [5.74, 6) is -1.43. The zero-order valence-corrected chi connectivity index (χ0v) is 14.5. The summed E-state index contributed by atoms with van der Waals surface area (Å²) in [6.07, 6.45) is 1.74. The molecule has 0 unspecified atom stereocenters. The molecule has 0 aliphatic carbocycles. The van der Waals surface area contributed by atoms with Crippen molar-refractivity contribution in [2.45, 2.75) is 24.8 Å². The Morgan fingerprint density at radius 3 is 2.72 bits per heavy atom. The molecular formula is C18H17N3O3S. The highest BCUT2D eigenvalue weighted by Crippen LogP contribution is 2.22. The Morgan fingerprint density at radius 2 is 2.04 bits per heavy atom. The second kappa shape index (κ2) is 8.85.